The number of carboxylic acids is 2. The van der Waals surface area contributed by atoms with Crippen molar-refractivity contribution < 1.29 is 24.2 Å². The molecular formula is C14H19N3O5. The molecule has 0 bridgehead atoms. The van der Waals surface area contributed by atoms with E-state index in [0.29, 0.717) is 0 Å². The van der Waals surface area contributed by atoms with Crippen LogP contribution in [0.5, 0.6) is 0 Å². The molecule has 22 heavy (non-hydrogen) atoms. The molecule has 3 N–H and O–H groups in total. The third-order valence-corrected chi connectivity index (χ3v) is 2.61. The summed E-state index contributed by atoms with van der Waals surface area (Å²) in [5, 5.41) is 18.1. The Morgan fingerprint density at radius 2 is 2.05 bits per heavy atom. The van der Waals surface area contributed by atoms with Crippen LogP contribution in [0.25, 0.3) is 0 Å². The van der Waals surface area contributed by atoms with Gasteiger partial charge in [-0.25, -0.2) is 14.6 Å². The lowest BCUT2D eigenvalue weighted by molar-refractivity contribution is -0.159. The fourth-order valence-corrected chi connectivity index (χ4v) is 1.60. The maximum atomic E-state index is 9.10. The van der Waals surface area contributed by atoms with Gasteiger partial charge in [-0.05, 0) is 32.0 Å². The zero-order chi connectivity index (χ0) is 16.4. The van der Waals surface area contributed by atoms with Gasteiger partial charge in [0.15, 0.2) is 0 Å². The molecule has 0 radical (unpaired) electrons. The number of hydrogen-bond donors (Lipinski definition) is 3. The van der Waals surface area contributed by atoms with Gasteiger partial charge in [0.25, 0.3) is 0 Å². The van der Waals surface area contributed by atoms with Crippen molar-refractivity contribution in [1.29, 1.82) is 0 Å². The van der Waals surface area contributed by atoms with Gasteiger partial charge < -0.3 is 24.5 Å². The average molecular weight is 309 g/mol. The summed E-state index contributed by atoms with van der Waals surface area (Å²) >= 11 is 0. The minimum atomic E-state index is -1.82. The lowest BCUT2D eigenvalue weighted by Gasteiger charge is -2.03. The van der Waals surface area contributed by atoms with Crippen LogP contribution in [0.2, 0.25) is 0 Å². The first kappa shape index (κ1) is 17.4. The molecule has 2 heterocycles. The molecular weight excluding hydrogens is 290 g/mol. The van der Waals surface area contributed by atoms with Gasteiger partial charge in [0.05, 0.1) is 12.9 Å². The molecule has 0 saturated carbocycles. The van der Waals surface area contributed by atoms with Crippen LogP contribution in [0.15, 0.2) is 35.3 Å². The quantitative estimate of drug-likeness (QED) is 0.540. The molecule has 0 unspecified atom stereocenters. The van der Waals surface area contributed by atoms with E-state index in [0.717, 1.165) is 37.6 Å². The van der Waals surface area contributed by atoms with Gasteiger partial charge in [-0.1, -0.05) is 0 Å². The second-order valence-electron chi connectivity index (χ2n) is 4.45. The second kappa shape index (κ2) is 9.35. The minimum absolute atomic E-state index is 0.803. The van der Waals surface area contributed by atoms with Gasteiger partial charge in [-0.2, -0.15) is 0 Å². The molecule has 0 fully saturated rings. The van der Waals surface area contributed by atoms with E-state index in [1.54, 1.807) is 6.20 Å². The third-order valence-electron chi connectivity index (χ3n) is 2.61. The smallest absolute Gasteiger partial charge is 0.414 e. The summed E-state index contributed by atoms with van der Waals surface area (Å²) in [5.74, 6) is -1.68. The predicted octanol–water partition coefficient (Wildman–Crippen LogP) is 1.12. The largest absolute Gasteiger partial charge is 0.473 e. The first-order valence-electron chi connectivity index (χ1n) is 6.67. The monoisotopic (exact) mass is 309 g/mol. The molecule has 0 saturated heterocycles. The summed E-state index contributed by atoms with van der Waals surface area (Å²) in [6, 6.07) is 4.00. The summed E-state index contributed by atoms with van der Waals surface area (Å²) in [6.45, 7) is 4.75. The van der Waals surface area contributed by atoms with Gasteiger partial charge >= 0.3 is 11.9 Å². The first-order valence-corrected chi connectivity index (χ1v) is 6.67. The fourth-order valence-electron chi connectivity index (χ4n) is 1.60. The van der Waals surface area contributed by atoms with Crippen molar-refractivity contribution in [1.82, 2.24) is 14.9 Å². The molecule has 0 aliphatic heterocycles. The number of carbonyl (C=O) groups is 2. The topological polar surface area (TPSA) is 118 Å². The van der Waals surface area contributed by atoms with Crippen LogP contribution in [0, 0.1) is 6.92 Å². The highest BCUT2D eigenvalue weighted by Crippen LogP contribution is 2.05. The summed E-state index contributed by atoms with van der Waals surface area (Å²) < 4.78 is 7.54. The zero-order valence-electron chi connectivity index (χ0n) is 12.2. The number of rotatable bonds is 6. The Balaban J connectivity index is 0.000000346. The SMILES string of the molecule is Cc1ccc(CNCCCn2ccnc2)o1.O=C(O)C(=O)O. The highest BCUT2D eigenvalue weighted by atomic mass is 16.4. The van der Waals surface area contributed by atoms with Crippen LogP contribution in [0.4, 0.5) is 0 Å². The number of aliphatic carboxylic acids is 2. The lowest BCUT2D eigenvalue weighted by Crippen LogP contribution is -2.15. The van der Waals surface area contributed by atoms with E-state index < -0.39 is 11.9 Å². The highest BCUT2D eigenvalue weighted by molar-refractivity contribution is 6.27. The molecule has 0 spiro atoms. The Labute approximate surface area is 127 Å². The van der Waals surface area contributed by atoms with Gasteiger partial charge in [0.1, 0.15) is 11.5 Å². The van der Waals surface area contributed by atoms with E-state index in [1.807, 2.05) is 31.6 Å². The molecule has 0 amide bonds. The Hall–Kier alpha value is -2.61. The Morgan fingerprint density at radius 1 is 1.32 bits per heavy atom. The number of furan rings is 1. The van der Waals surface area contributed by atoms with E-state index in [1.165, 1.54) is 0 Å². The van der Waals surface area contributed by atoms with Crippen LogP contribution >= 0.6 is 0 Å². The second-order valence-corrected chi connectivity index (χ2v) is 4.45. The van der Waals surface area contributed by atoms with E-state index in [9.17, 15) is 0 Å². The van der Waals surface area contributed by atoms with Crippen LogP contribution < -0.4 is 5.32 Å². The fraction of sp³-hybridized carbons (Fsp3) is 0.357. The zero-order valence-corrected chi connectivity index (χ0v) is 12.2. The van der Waals surface area contributed by atoms with Crippen molar-refractivity contribution >= 4 is 11.9 Å². The number of carboxylic acid groups (broad SMARTS) is 2. The molecule has 0 aliphatic carbocycles. The Bertz CT molecular complexity index is 565. The van der Waals surface area contributed by atoms with E-state index >= 15 is 0 Å². The van der Waals surface area contributed by atoms with Crippen LogP contribution in [-0.4, -0.2) is 38.2 Å². The molecule has 0 aromatic carbocycles. The van der Waals surface area contributed by atoms with Crippen LogP contribution in [-0.2, 0) is 22.7 Å². The summed E-state index contributed by atoms with van der Waals surface area (Å²) in [7, 11) is 0. The van der Waals surface area contributed by atoms with Crippen LogP contribution in [0.3, 0.4) is 0 Å². The number of hydrogen-bond acceptors (Lipinski definition) is 5. The third kappa shape index (κ3) is 7.25. The van der Waals surface area contributed by atoms with Crippen molar-refractivity contribution in [2.45, 2.75) is 26.4 Å². The standard InChI is InChI=1S/C12H17N3O.C2H2O4/c1-11-3-4-12(16-11)9-13-5-2-7-15-8-6-14-10-15;3-1(4)2(5)6/h3-4,6,8,10,13H,2,5,7,9H2,1H3;(H,3,4)(H,5,6). The molecule has 2 aromatic heterocycles. The number of aromatic nitrogens is 2. The Kier molecular flexibility index (Phi) is 7.41. The van der Waals surface area contributed by atoms with E-state index in [-0.39, 0.29) is 0 Å². The molecule has 0 atom stereocenters. The van der Waals surface area contributed by atoms with E-state index in [2.05, 4.69) is 14.9 Å². The van der Waals surface area contributed by atoms with Crippen molar-refractivity contribution in [3.8, 4) is 0 Å². The lowest BCUT2D eigenvalue weighted by atomic mass is 10.4. The molecule has 2 rings (SSSR count). The van der Waals surface area contributed by atoms with Crippen molar-refractivity contribution in [2.75, 3.05) is 6.54 Å². The molecule has 120 valence electrons. The van der Waals surface area contributed by atoms with Gasteiger partial charge in [0, 0.05) is 18.9 Å². The maximum Gasteiger partial charge on any atom is 0.414 e. The van der Waals surface area contributed by atoms with Crippen molar-refractivity contribution in [2.24, 2.45) is 0 Å². The predicted molar refractivity (Wildman–Crippen MR) is 77.3 cm³/mol. The van der Waals surface area contributed by atoms with Crippen molar-refractivity contribution in [3.63, 3.8) is 0 Å². The highest BCUT2D eigenvalue weighted by Gasteiger charge is 2.04. The summed E-state index contributed by atoms with van der Waals surface area (Å²) in [5.41, 5.74) is 0. The summed E-state index contributed by atoms with van der Waals surface area (Å²) in [4.78, 5) is 22.2. The first-order chi connectivity index (χ1) is 10.5. The van der Waals surface area contributed by atoms with E-state index in [4.69, 9.17) is 24.2 Å². The van der Waals surface area contributed by atoms with Gasteiger partial charge in [-0.15, -0.1) is 0 Å². The van der Waals surface area contributed by atoms with Gasteiger partial charge in [0.2, 0.25) is 0 Å². The summed E-state index contributed by atoms with van der Waals surface area (Å²) in [6.07, 6.45) is 6.72. The van der Waals surface area contributed by atoms with Crippen molar-refractivity contribution in [3.05, 3.63) is 42.4 Å². The molecule has 8 nitrogen and oxygen atoms in total. The number of imidazole rings is 1. The Morgan fingerprint density at radius 3 is 2.55 bits per heavy atom. The number of nitrogens with one attached hydrogen (secondary N) is 1. The number of aryl methyl sites for hydroxylation is 2. The normalized spacial score (nSPS) is 9.86. The maximum absolute atomic E-state index is 9.10. The molecule has 8 heteroatoms. The number of nitrogens with zero attached hydrogens (tertiary/aromatic N) is 2. The molecule has 2 aromatic rings. The van der Waals surface area contributed by atoms with Gasteiger partial charge in [-0.3, -0.25) is 0 Å². The minimum Gasteiger partial charge on any atom is -0.473 e. The molecule has 0 aliphatic rings. The van der Waals surface area contributed by atoms with Crippen LogP contribution in [0.1, 0.15) is 17.9 Å². The average Bonchev–Trinajstić information content (AvgIpc) is 3.11.